The lowest BCUT2D eigenvalue weighted by Crippen LogP contribution is -2.63. The van der Waals surface area contributed by atoms with Crippen LogP contribution in [-0.2, 0) is 19.1 Å². The van der Waals surface area contributed by atoms with Crippen LogP contribution < -0.4 is 5.32 Å². The molecule has 222 valence electrons. The number of carbonyl (C=O) groups is 3. The smallest absolute Gasteiger partial charge is 0.316 e. The van der Waals surface area contributed by atoms with Crippen LogP contribution in [0, 0.1) is 45.8 Å². The van der Waals surface area contributed by atoms with E-state index in [1.807, 2.05) is 47.6 Å². The van der Waals surface area contributed by atoms with Gasteiger partial charge in [0.25, 0.3) is 0 Å². The second-order valence-corrected chi connectivity index (χ2v) is 16.0. The molecule has 0 aromatic carbocycles. The average molecular weight is 564 g/mol. The summed E-state index contributed by atoms with van der Waals surface area (Å²) in [7, 11) is 0. The van der Waals surface area contributed by atoms with Crippen molar-refractivity contribution in [1.82, 2.24) is 5.32 Å². The van der Waals surface area contributed by atoms with Crippen LogP contribution in [0.3, 0.4) is 0 Å². The van der Waals surface area contributed by atoms with Gasteiger partial charge in [0, 0.05) is 40.4 Å². The number of ketones is 1. The van der Waals surface area contributed by atoms with Gasteiger partial charge in [-0.3, -0.25) is 14.4 Å². The molecule has 7 heteroatoms. The number of hydrogen-bond donors (Lipinski definition) is 2. The van der Waals surface area contributed by atoms with E-state index in [2.05, 4.69) is 32.7 Å². The van der Waals surface area contributed by atoms with Crippen molar-refractivity contribution in [3.8, 4) is 0 Å². The Labute approximate surface area is 240 Å². The Morgan fingerprint density at radius 3 is 2.46 bits per heavy atom. The summed E-state index contributed by atoms with van der Waals surface area (Å²) in [5.74, 6) is 0.227. The number of Topliss-reactive ketones (excluding diaryl/α,β-unsaturated/α-hetero) is 1. The van der Waals surface area contributed by atoms with Gasteiger partial charge in [0.05, 0.1) is 11.9 Å². The molecular formula is C32H53NO5S. The second kappa shape index (κ2) is 11.5. The molecule has 0 spiro atoms. The molecule has 2 N–H and O–H groups in total. The van der Waals surface area contributed by atoms with Crippen molar-refractivity contribution in [2.24, 2.45) is 45.8 Å². The second-order valence-electron chi connectivity index (χ2n) is 14.4. The molecule has 3 rings (SSSR count). The van der Waals surface area contributed by atoms with Gasteiger partial charge in [-0.1, -0.05) is 54.5 Å². The van der Waals surface area contributed by atoms with Crippen LogP contribution in [0.25, 0.3) is 0 Å². The van der Waals surface area contributed by atoms with Crippen LogP contribution in [-0.4, -0.2) is 52.0 Å². The maximum absolute atomic E-state index is 13.5. The minimum atomic E-state index is -0.673. The summed E-state index contributed by atoms with van der Waals surface area (Å²) in [6.07, 6.45) is 4.26. The van der Waals surface area contributed by atoms with E-state index in [-0.39, 0.29) is 63.2 Å². The van der Waals surface area contributed by atoms with Gasteiger partial charge in [0.2, 0.25) is 5.91 Å². The first kappa shape index (κ1) is 32.2. The quantitative estimate of drug-likeness (QED) is 0.272. The van der Waals surface area contributed by atoms with E-state index < -0.39 is 23.0 Å². The largest absolute Gasteiger partial charge is 0.461 e. The van der Waals surface area contributed by atoms with E-state index in [1.54, 1.807) is 0 Å². The summed E-state index contributed by atoms with van der Waals surface area (Å²) in [5.41, 5.74) is -1.44. The first-order valence-corrected chi connectivity index (χ1v) is 15.9. The van der Waals surface area contributed by atoms with Gasteiger partial charge in [-0.15, -0.1) is 18.3 Å². The van der Waals surface area contributed by atoms with Crippen LogP contribution in [0.1, 0.15) is 94.4 Å². The predicted molar refractivity (Wildman–Crippen MR) is 158 cm³/mol. The number of carbonyl (C=O) groups excluding carboxylic acids is 3. The summed E-state index contributed by atoms with van der Waals surface area (Å²) < 4.78 is 6.00. The fourth-order valence-corrected chi connectivity index (χ4v) is 8.51. The lowest BCUT2D eigenvalue weighted by atomic mass is 9.44. The fraction of sp³-hybridized carbons (Fsp3) is 0.844. The predicted octanol–water partition coefficient (Wildman–Crippen LogP) is 5.81. The van der Waals surface area contributed by atoms with Gasteiger partial charge in [-0.25, -0.2) is 0 Å². The van der Waals surface area contributed by atoms with E-state index in [4.69, 9.17) is 4.74 Å². The molecule has 0 radical (unpaired) electrons. The van der Waals surface area contributed by atoms with Crippen LogP contribution in [0.4, 0.5) is 0 Å². The number of aliphatic hydroxyl groups excluding tert-OH is 1. The third-order valence-corrected chi connectivity index (χ3v) is 12.6. The number of esters is 1. The maximum atomic E-state index is 13.5. The lowest BCUT2D eigenvalue weighted by molar-refractivity contribution is -0.205. The maximum Gasteiger partial charge on any atom is 0.316 e. The zero-order valence-corrected chi connectivity index (χ0v) is 26.6. The number of hydrogen-bond acceptors (Lipinski definition) is 6. The normalized spacial score (nSPS) is 39.4. The number of thioether (sulfide) groups is 1. The summed E-state index contributed by atoms with van der Waals surface area (Å²) in [4.78, 5) is 39.4. The molecule has 0 saturated heterocycles. The van der Waals surface area contributed by atoms with E-state index in [0.717, 1.165) is 19.3 Å². The zero-order valence-electron chi connectivity index (χ0n) is 25.8. The molecular weight excluding hydrogens is 510 g/mol. The summed E-state index contributed by atoms with van der Waals surface area (Å²) in [6, 6.07) is 0. The molecule has 1 amide bonds. The Morgan fingerprint density at radius 2 is 1.87 bits per heavy atom. The minimum Gasteiger partial charge on any atom is -0.461 e. The van der Waals surface area contributed by atoms with E-state index >= 15 is 0 Å². The highest BCUT2D eigenvalue weighted by atomic mass is 32.2. The molecule has 3 saturated carbocycles. The minimum absolute atomic E-state index is 0.0243. The van der Waals surface area contributed by atoms with E-state index in [1.165, 1.54) is 11.8 Å². The first-order valence-electron chi connectivity index (χ1n) is 14.9. The Hall–Kier alpha value is -1.34. The highest BCUT2D eigenvalue weighted by Crippen LogP contribution is 2.68. The summed E-state index contributed by atoms with van der Waals surface area (Å²) >= 11 is 1.47. The van der Waals surface area contributed by atoms with Crippen molar-refractivity contribution >= 4 is 29.4 Å². The summed E-state index contributed by atoms with van der Waals surface area (Å²) in [6.45, 7) is 23.0. The topological polar surface area (TPSA) is 92.7 Å². The standard InChI is InChI=1S/C32H53NO5S/c1-11-30(9)16-24(38-25(35)17-39-29(7,8)18-33-28(37)21(5)19(2)3)31(10)20(4)12-14-32(22(6)27(30)36)15-13-23(34)26(31)32/h11,19-22,24,26-27,36H,1,12-18H2,2-10H3,(H,33,37)/t20-,21-,22+,24-,26+,27+,30-,31+,32+/m1/s1. The van der Waals surface area contributed by atoms with Crippen molar-refractivity contribution < 1.29 is 24.2 Å². The monoisotopic (exact) mass is 563 g/mol. The van der Waals surface area contributed by atoms with Crippen LogP contribution in [0.5, 0.6) is 0 Å². The van der Waals surface area contributed by atoms with Crippen molar-refractivity contribution in [3.63, 3.8) is 0 Å². The number of amides is 1. The van der Waals surface area contributed by atoms with Gasteiger partial charge in [0.15, 0.2) is 0 Å². The van der Waals surface area contributed by atoms with E-state index in [0.29, 0.717) is 19.4 Å². The third-order valence-electron chi connectivity index (χ3n) is 11.3. The highest BCUT2D eigenvalue weighted by Gasteiger charge is 2.68. The average Bonchev–Trinajstić information content (AvgIpc) is 3.24. The Kier molecular flexibility index (Phi) is 9.49. The lowest BCUT2D eigenvalue weighted by Gasteiger charge is -2.61. The first-order chi connectivity index (χ1) is 17.9. The molecule has 3 fully saturated rings. The van der Waals surface area contributed by atoms with Crippen LogP contribution in [0.2, 0.25) is 0 Å². The molecule has 3 aliphatic rings. The van der Waals surface area contributed by atoms with Gasteiger partial charge in [0.1, 0.15) is 11.9 Å². The molecule has 3 aliphatic carbocycles. The SMILES string of the molecule is C=C[C@]1(C)C[C@@H](OC(=O)CSC(C)(C)CNC(=O)[C@H](C)C(C)C)[C@]2(C)[C@H](C)CC[C@]3(CCC(=O)[C@H]32)[C@@H](C)[C@@H]1O. The number of rotatable bonds is 9. The van der Waals surface area contributed by atoms with Gasteiger partial charge in [-0.2, -0.15) is 0 Å². The fourth-order valence-electron chi connectivity index (χ4n) is 7.76. The Bertz CT molecular complexity index is 964. The molecule has 0 aromatic rings. The van der Waals surface area contributed by atoms with Gasteiger partial charge >= 0.3 is 5.97 Å². The van der Waals surface area contributed by atoms with Gasteiger partial charge < -0.3 is 15.2 Å². The highest BCUT2D eigenvalue weighted by molar-refractivity contribution is 8.01. The molecule has 0 unspecified atom stereocenters. The molecule has 0 aromatic heterocycles. The molecule has 0 aliphatic heterocycles. The van der Waals surface area contributed by atoms with Crippen molar-refractivity contribution in [2.75, 3.05) is 12.3 Å². The van der Waals surface area contributed by atoms with Gasteiger partial charge in [-0.05, 0) is 62.7 Å². The molecule has 39 heavy (non-hydrogen) atoms. The Morgan fingerprint density at radius 1 is 1.23 bits per heavy atom. The van der Waals surface area contributed by atoms with Crippen molar-refractivity contribution in [2.45, 2.75) is 111 Å². The van der Waals surface area contributed by atoms with Crippen LogP contribution >= 0.6 is 11.8 Å². The number of aliphatic hydroxyl groups is 1. The van der Waals surface area contributed by atoms with Crippen molar-refractivity contribution in [3.05, 3.63) is 12.7 Å². The molecule has 2 bridgehead atoms. The molecule has 0 heterocycles. The van der Waals surface area contributed by atoms with Crippen molar-refractivity contribution in [1.29, 1.82) is 0 Å². The third kappa shape index (κ3) is 5.86. The molecule has 6 nitrogen and oxygen atoms in total. The molecule has 9 atom stereocenters. The number of ether oxygens (including phenoxy) is 1. The van der Waals surface area contributed by atoms with Crippen LogP contribution in [0.15, 0.2) is 12.7 Å². The number of nitrogens with one attached hydrogen (secondary N) is 1. The van der Waals surface area contributed by atoms with E-state index in [9.17, 15) is 19.5 Å². The summed E-state index contributed by atoms with van der Waals surface area (Å²) in [5, 5.41) is 14.7. The zero-order chi connectivity index (χ0) is 29.6. The Balaban J connectivity index is 1.82.